The second-order valence-corrected chi connectivity index (χ2v) is 6.74. The Morgan fingerprint density at radius 3 is 2.83 bits per heavy atom. The fraction of sp³-hybridized carbons (Fsp3) is 0.167. The molecule has 0 saturated heterocycles. The molecule has 0 unspecified atom stereocenters. The van der Waals surface area contributed by atoms with Gasteiger partial charge in [0.05, 0.1) is 16.8 Å². The van der Waals surface area contributed by atoms with Gasteiger partial charge in [0, 0.05) is 23.1 Å². The van der Waals surface area contributed by atoms with E-state index < -0.39 is 11.6 Å². The Hall–Kier alpha value is -2.47. The number of benzene rings is 1. The Bertz CT molecular complexity index is 927. The van der Waals surface area contributed by atoms with Crippen LogP contribution in [0.15, 0.2) is 43.0 Å². The van der Waals surface area contributed by atoms with Gasteiger partial charge in [-0.15, -0.1) is 17.9 Å². The van der Waals surface area contributed by atoms with Crippen molar-refractivity contribution in [1.82, 2.24) is 9.88 Å². The minimum atomic E-state index is -0.624. The van der Waals surface area contributed by atoms with Gasteiger partial charge in [-0.2, -0.15) is 0 Å². The van der Waals surface area contributed by atoms with Crippen LogP contribution in [0.4, 0.5) is 8.78 Å². The molecule has 24 heavy (non-hydrogen) atoms. The van der Waals surface area contributed by atoms with E-state index in [1.807, 2.05) is 13.0 Å². The van der Waals surface area contributed by atoms with Crippen LogP contribution in [0.5, 0.6) is 0 Å². The minimum absolute atomic E-state index is 0.155. The number of thiophene rings is 1. The van der Waals surface area contributed by atoms with Gasteiger partial charge in [-0.1, -0.05) is 12.1 Å². The van der Waals surface area contributed by atoms with Crippen LogP contribution in [0, 0.1) is 18.6 Å². The number of nitrogens with one attached hydrogen (secondary N) is 1. The van der Waals surface area contributed by atoms with Crippen LogP contribution < -0.4 is 5.32 Å². The average Bonchev–Trinajstić information content (AvgIpc) is 3.04. The van der Waals surface area contributed by atoms with Crippen molar-refractivity contribution >= 4 is 27.5 Å². The van der Waals surface area contributed by atoms with Crippen molar-refractivity contribution in [2.24, 2.45) is 0 Å². The molecule has 6 heteroatoms. The van der Waals surface area contributed by atoms with Crippen molar-refractivity contribution in [1.29, 1.82) is 0 Å². The van der Waals surface area contributed by atoms with Crippen molar-refractivity contribution < 1.29 is 13.6 Å². The van der Waals surface area contributed by atoms with E-state index in [0.29, 0.717) is 17.8 Å². The van der Waals surface area contributed by atoms with Gasteiger partial charge in [0.2, 0.25) is 0 Å². The molecular formula is C18H16F2N2OS. The lowest BCUT2D eigenvalue weighted by Crippen LogP contribution is -2.26. The summed E-state index contributed by atoms with van der Waals surface area (Å²) in [5.74, 6) is -1.50. The minimum Gasteiger partial charge on any atom is -0.347 e. The molecule has 0 saturated carbocycles. The Morgan fingerprint density at radius 1 is 1.33 bits per heavy atom. The van der Waals surface area contributed by atoms with Crippen LogP contribution in [-0.2, 0) is 6.54 Å². The standard InChI is InChI=1S/C18H16F2N2OS/c1-3-6-21-18(23)16-9-17-15(7-11(2)24-17)22(16)10-12-4-5-13(19)8-14(12)20/h3-5,7-9H,1,6,10H2,2H3,(H,21,23). The number of aryl methyl sites for hydroxylation is 1. The van der Waals surface area contributed by atoms with Crippen molar-refractivity contribution in [2.75, 3.05) is 6.54 Å². The summed E-state index contributed by atoms with van der Waals surface area (Å²) in [4.78, 5) is 13.5. The molecule has 2 aromatic heterocycles. The van der Waals surface area contributed by atoms with Gasteiger partial charge >= 0.3 is 0 Å². The summed E-state index contributed by atoms with van der Waals surface area (Å²) in [5, 5.41) is 2.74. The summed E-state index contributed by atoms with van der Waals surface area (Å²) in [6.45, 7) is 6.06. The number of hydrogen-bond donors (Lipinski definition) is 1. The van der Waals surface area contributed by atoms with Crippen molar-refractivity contribution in [3.05, 3.63) is 70.8 Å². The monoisotopic (exact) mass is 346 g/mol. The highest BCUT2D eigenvalue weighted by atomic mass is 32.1. The number of aromatic nitrogens is 1. The van der Waals surface area contributed by atoms with E-state index in [-0.39, 0.29) is 12.5 Å². The van der Waals surface area contributed by atoms with Gasteiger partial charge in [-0.3, -0.25) is 4.79 Å². The van der Waals surface area contributed by atoms with E-state index in [2.05, 4.69) is 11.9 Å². The van der Waals surface area contributed by atoms with Crippen LogP contribution in [0.3, 0.4) is 0 Å². The van der Waals surface area contributed by atoms with Crippen molar-refractivity contribution in [3.63, 3.8) is 0 Å². The first-order chi connectivity index (χ1) is 11.5. The van der Waals surface area contributed by atoms with E-state index in [4.69, 9.17) is 0 Å². The quantitative estimate of drug-likeness (QED) is 0.689. The summed E-state index contributed by atoms with van der Waals surface area (Å²) in [6.07, 6.45) is 1.59. The van der Waals surface area contributed by atoms with E-state index in [1.165, 1.54) is 12.1 Å². The van der Waals surface area contributed by atoms with E-state index in [9.17, 15) is 13.6 Å². The lowest BCUT2D eigenvalue weighted by Gasteiger charge is -2.11. The third-order valence-corrected chi connectivity index (χ3v) is 4.68. The van der Waals surface area contributed by atoms with Crippen LogP contribution in [0.25, 0.3) is 10.2 Å². The summed E-state index contributed by atoms with van der Waals surface area (Å²) in [7, 11) is 0. The van der Waals surface area contributed by atoms with E-state index in [0.717, 1.165) is 21.2 Å². The third kappa shape index (κ3) is 3.10. The van der Waals surface area contributed by atoms with Gasteiger partial charge in [-0.05, 0) is 25.1 Å². The van der Waals surface area contributed by atoms with Crippen LogP contribution in [0.1, 0.15) is 20.9 Å². The van der Waals surface area contributed by atoms with Crippen molar-refractivity contribution in [3.8, 4) is 0 Å². The summed E-state index contributed by atoms with van der Waals surface area (Å²) >= 11 is 1.57. The molecule has 0 fully saturated rings. The molecule has 124 valence electrons. The van der Waals surface area contributed by atoms with Crippen LogP contribution >= 0.6 is 11.3 Å². The van der Waals surface area contributed by atoms with Crippen molar-refractivity contribution in [2.45, 2.75) is 13.5 Å². The van der Waals surface area contributed by atoms with Gasteiger partial charge in [0.1, 0.15) is 17.3 Å². The topological polar surface area (TPSA) is 34.0 Å². The fourth-order valence-corrected chi connectivity index (χ4v) is 3.56. The lowest BCUT2D eigenvalue weighted by atomic mass is 10.2. The maximum absolute atomic E-state index is 14.0. The normalized spacial score (nSPS) is 11.0. The number of hydrogen-bond acceptors (Lipinski definition) is 2. The molecule has 0 atom stereocenters. The van der Waals surface area contributed by atoms with Crippen LogP contribution in [0.2, 0.25) is 0 Å². The number of halogens is 2. The lowest BCUT2D eigenvalue weighted by molar-refractivity contribution is 0.0949. The molecule has 0 aliphatic carbocycles. The first-order valence-corrected chi connectivity index (χ1v) is 8.24. The smallest absolute Gasteiger partial charge is 0.268 e. The maximum atomic E-state index is 14.0. The first-order valence-electron chi connectivity index (χ1n) is 7.42. The number of carbonyl (C=O) groups excluding carboxylic acids is 1. The molecule has 1 amide bonds. The molecule has 0 spiro atoms. The molecule has 0 aliphatic heterocycles. The highest BCUT2D eigenvalue weighted by Crippen LogP contribution is 2.29. The number of carbonyl (C=O) groups is 1. The fourth-order valence-electron chi connectivity index (χ4n) is 2.60. The highest BCUT2D eigenvalue weighted by Gasteiger charge is 2.18. The molecule has 0 radical (unpaired) electrons. The third-order valence-electron chi connectivity index (χ3n) is 3.70. The molecule has 1 aromatic carbocycles. The Labute approximate surface area is 142 Å². The molecule has 3 nitrogen and oxygen atoms in total. The maximum Gasteiger partial charge on any atom is 0.268 e. The largest absolute Gasteiger partial charge is 0.347 e. The molecule has 1 N–H and O–H groups in total. The predicted molar refractivity (Wildman–Crippen MR) is 92.5 cm³/mol. The second-order valence-electron chi connectivity index (χ2n) is 5.46. The molecule has 0 bridgehead atoms. The molecular weight excluding hydrogens is 330 g/mol. The Morgan fingerprint density at radius 2 is 2.12 bits per heavy atom. The summed E-state index contributed by atoms with van der Waals surface area (Å²) in [6, 6.07) is 7.24. The van der Waals surface area contributed by atoms with Gasteiger partial charge in [-0.25, -0.2) is 8.78 Å². The van der Waals surface area contributed by atoms with Gasteiger partial charge in [0.15, 0.2) is 0 Å². The molecule has 0 aliphatic rings. The predicted octanol–water partition coefficient (Wildman–Crippen LogP) is 4.25. The second kappa shape index (κ2) is 6.57. The van der Waals surface area contributed by atoms with E-state index >= 15 is 0 Å². The number of nitrogens with zero attached hydrogens (tertiary/aromatic N) is 1. The van der Waals surface area contributed by atoms with Gasteiger partial charge < -0.3 is 9.88 Å². The SMILES string of the molecule is C=CCNC(=O)c1cc2sc(C)cc2n1Cc1ccc(F)cc1F. The van der Waals surface area contributed by atoms with E-state index in [1.54, 1.807) is 28.0 Å². The first kappa shape index (κ1) is 16.4. The average molecular weight is 346 g/mol. The van der Waals surface area contributed by atoms with Gasteiger partial charge in [0.25, 0.3) is 5.91 Å². The summed E-state index contributed by atoms with van der Waals surface area (Å²) in [5.41, 5.74) is 1.64. The Balaban J connectivity index is 2.06. The Kier molecular flexibility index (Phi) is 4.49. The number of amides is 1. The molecule has 3 rings (SSSR count). The zero-order valence-corrected chi connectivity index (χ0v) is 13.9. The number of rotatable bonds is 5. The number of fused-ring (bicyclic) bond motifs is 1. The molecule has 2 heterocycles. The summed E-state index contributed by atoms with van der Waals surface area (Å²) < 4.78 is 29.8. The van der Waals surface area contributed by atoms with Crippen LogP contribution in [-0.4, -0.2) is 17.0 Å². The zero-order chi connectivity index (χ0) is 17.3. The highest BCUT2D eigenvalue weighted by molar-refractivity contribution is 7.19. The zero-order valence-electron chi connectivity index (χ0n) is 13.1. The molecule has 3 aromatic rings.